The third-order valence-corrected chi connectivity index (χ3v) is 3.39. The van der Waals surface area contributed by atoms with Crippen LogP contribution in [0.1, 0.15) is 29.5 Å². The van der Waals surface area contributed by atoms with Gasteiger partial charge in [-0.25, -0.2) is 4.98 Å². The lowest BCUT2D eigenvalue weighted by Gasteiger charge is -2.20. The van der Waals surface area contributed by atoms with Crippen LogP contribution in [0.5, 0.6) is 0 Å². The van der Waals surface area contributed by atoms with Crippen molar-refractivity contribution in [2.24, 2.45) is 0 Å². The van der Waals surface area contributed by atoms with Gasteiger partial charge in [0, 0.05) is 25.0 Å². The van der Waals surface area contributed by atoms with E-state index in [2.05, 4.69) is 15.7 Å². The van der Waals surface area contributed by atoms with Crippen LogP contribution in [0.2, 0.25) is 0 Å². The van der Waals surface area contributed by atoms with Gasteiger partial charge in [0.1, 0.15) is 5.01 Å². The molecule has 0 aliphatic carbocycles. The summed E-state index contributed by atoms with van der Waals surface area (Å²) in [5.41, 5.74) is 1.24. The van der Waals surface area contributed by atoms with Crippen molar-refractivity contribution in [2.45, 2.75) is 25.4 Å². The van der Waals surface area contributed by atoms with E-state index in [1.165, 1.54) is 18.5 Å². The molecule has 78 valence electrons. The highest BCUT2D eigenvalue weighted by molar-refractivity contribution is 7.09. The van der Waals surface area contributed by atoms with Crippen LogP contribution in [-0.2, 0) is 11.3 Å². The lowest BCUT2D eigenvalue weighted by molar-refractivity contribution is 0.184. The largest absolute Gasteiger partial charge is 0.378 e. The van der Waals surface area contributed by atoms with E-state index in [4.69, 9.17) is 4.74 Å². The second-order valence-corrected chi connectivity index (χ2v) is 4.59. The highest BCUT2D eigenvalue weighted by Gasteiger charge is 2.17. The van der Waals surface area contributed by atoms with Crippen LogP contribution in [0.15, 0.2) is 5.38 Å². The molecule has 1 aliphatic rings. The van der Waals surface area contributed by atoms with Crippen LogP contribution in [0.25, 0.3) is 0 Å². The minimum Gasteiger partial charge on any atom is -0.378 e. The van der Waals surface area contributed by atoms with Gasteiger partial charge in [0.25, 0.3) is 0 Å². The van der Waals surface area contributed by atoms with Gasteiger partial charge in [-0.15, -0.1) is 11.3 Å². The van der Waals surface area contributed by atoms with Crippen molar-refractivity contribution < 1.29 is 4.74 Å². The summed E-state index contributed by atoms with van der Waals surface area (Å²) >= 11 is 1.70. The minimum atomic E-state index is 0.616. The second kappa shape index (κ2) is 4.87. The van der Waals surface area contributed by atoms with Crippen molar-refractivity contribution in [3.8, 4) is 0 Å². The van der Waals surface area contributed by atoms with Crippen LogP contribution in [0, 0.1) is 0 Å². The number of hydrogen-bond donors (Lipinski definition) is 1. The molecule has 1 atom stereocenters. The number of ether oxygens (including phenoxy) is 1. The van der Waals surface area contributed by atoms with E-state index in [9.17, 15) is 0 Å². The lowest BCUT2D eigenvalue weighted by Crippen LogP contribution is -2.28. The van der Waals surface area contributed by atoms with E-state index in [0.29, 0.717) is 12.5 Å². The van der Waals surface area contributed by atoms with Crippen LogP contribution >= 0.6 is 11.3 Å². The normalized spacial score (nSPS) is 22.5. The van der Waals surface area contributed by atoms with E-state index in [-0.39, 0.29) is 0 Å². The molecule has 0 aromatic carbocycles. The number of aromatic nitrogens is 1. The molecule has 1 unspecified atom stereocenters. The van der Waals surface area contributed by atoms with Gasteiger partial charge in [0.05, 0.1) is 12.3 Å². The fourth-order valence-corrected chi connectivity index (χ4v) is 2.65. The maximum atomic E-state index is 5.06. The molecule has 14 heavy (non-hydrogen) atoms. The number of piperidine rings is 1. The Morgan fingerprint density at radius 2 is 2.64 bits per heavy atom. The maximum Gasteiger partial charge on any atom is 0.119 e. The Bertz CT molecular complexity index is 281. The molecule has 4 heteroatoms. The number of methoxy groups -OCH3 is 1. The van der Waals surface area contributed by atoms with E-state index in [0.717, 1.165) is 18.1 Å². The molecular formula is C10H16N2OS. The number of nitrogens with zero attached hydrogens (tertiary/aromatic N) is 1. The summed E-state index contributed by atoms with van der Waals surface area (Å²) in [7, 11) is 1.71. The van der Waals surface area contributed by atoms with Gasteiger partial charge in [-0.2, -0.15) is 0 Å². The molecule has 0 radical (unpaired) electrons. The van der Waals surface area contributed by atoms with Gasteiger partial charge in [0.15, 0.2) is 0 Å². The van der Waals surface area contributed by atoms with E-state index >= 15 is 0 Å². The first-order valence-corrected chi connectivity index (χ1v) is 5.92. The second-order valence-electron chi connectivity index (χ2n) is 3.64. The number of hydrogen-bond acceptors (Lipinski definition) is 4. The Hall–Kier alpha value is -0.450. The van der Waals surface area contributed by atoms with Gasteiger partial charge < -0.3 is 10.1 Å². The van der Waals surface area contributed by atoms with Crippen LogP contribution in [0.3, 0.4) is 0 Å². The Kier molecular flexibility index (Phi) is 3.50. The van der Waals surface area contributed by atoms with E-state index in [1.807, 2.05) is 0 Å². The topological polar surface area (TPSA) is 34.1 Å². The van der Waals surface area contributed by atoms with Crippen LogP contribution in [-0.4, -0.2) is 25.2 Å². The molecule has 0 saturated carbocycles. The Balaban J connectivity index is 2.00. The Labute approximate surface area is 88.5 Å². The smallest absolute Gasteiger partial charge is 0.119 e. The zero-order valence-electron chi connectivity index (χ0n) is 8.45. The van der Waals surface area contributed by atoms with Crippen molar-refractivity contribution in [2.75, 3.05) is 20.2 Å². The van der Waals surface area contributed by atoms with Gasteiger partial charge in [-0.3, -0.25) is 0 Å². The van der Waals surface area contributed by atoms with Crippen molar-refractivity contribution in [1.82, 2.24) is 10.3 Å². The first kappa shape index (κ1) is 10.1. The predicted molar refractivity (Wildman–Crippen MR) is 57.7 cm³/mol. The van der Waals surface area contributed by atoms with Gasteiger partial charge >= 0.3 is 0 Å². The molecule has 2 heterocycles. The Morgan fingerprint density at radius 1 is 1.71 bits per heavy atom. The van der Waals surface area contributed by atoms with Crippen molar-refractivity contribution in [3.05, 3.63) is 16.1 Å². The molecule has 0 spiro atoms. The molecule has 1 aliphatic heterocycles. The van der Waals surface area contributed by atoms with E-state index < -0.39 is 0 Å². The molecule has 1 aromatic rings. The fourth-order valence-electron chi connectivity index (χ4n) is 1.81. The quantitative estimate of drug-likeness (QED) is 0.829. The molecule has 1 saturated heterocycles. The fraction of sp³-hybridized carbons (Fsp3) is 0.700. The van der Waals surface area contributed by atoms with Gasteiger partial charge in [0.2, 0.25) is 0 Å². The summed E-state index contributed by atoms with van der Waals surface area (Å²) < 4.78 is 5.06. The van der Waals surface area contributed by atoms with Crippen LogP contribution < -0.4 is 5.32 Å². The van der Waals surface area contributed by atoms with Crippen molar-refractivity contribution in [3.63, 3.8) is 0 Å². The molecule has 2 rings (SSSR count). The SMILES string of the molecule is COCc1nc(C2CCCNC2)cs1. The molecule has 0 amide bonds. The summed E-state index contributed by atoms with van der Waals surface area (Å²) in [6, 6.07) is 0. The highest BCUT2D eigenvalue weighted by Crippen LogP contribution is 2.24. The monoisotopic (exact) mass is 212 g/mol. The molecule has 1 aromatic heterocycles. The lowest BCUT2D eigenvalue weighted by atomic mass is 9.97. The average molecular weight is 212 g/mol. The van der Waals surface area contributed by atoms with Crippen LogP contribution in [0.4, 0.5) is 0 Å². The Morgan fingerprint density at radius 3 is 3.36 bits per heavy atom. The number of nitrogens with one attached hydrogen (secondary N) is 1. The van der Waals surface area contributed by atoms with Gasteiger partial charge in [-0.1, -0.05) is 0 Å². The van der Waals surface area contributed by atoms with Crippen molar-refractivity contribution in [1.29, 1.82) is 0 Å². The van der Waals surface area contributed by atoms with Crippen molar-refractivity contribution >= 4 is 11.3 Å². The average Bonchev–Trinajstić information content (AvgIpc) is 2.68. The molecule has 1 fully saturated rings. The zero-order valence-corrected chi connectivity index (χ0v) is 9.27. The molecule has 1 N–H and O–H groups in total. The van der Waals surface area contributed by atoms with Gasteiger partial charge in [-0.05, 0) is 19.4 Å². The summed E-state index contributed by atoms with van der Waals surface area (Å²) in [5.74, 6) is 0.616. The first-order chi connectivity index (χ1) is 6.90. The van der Waals surface area contributed by atoms with E-state index in [1.54, 1.807) is 18.4 Å². The zero-order chi connectivity index (χ0) is 9.80. The summed E-state index contributed by atoms with van der Waals surface area (Å²) in [6.07, 6.45) is 2.53. The summed E-state index contributed by atoms with van der Waals surface area (Å²) in [5, 5.41) is 6.67. The third-order valence-electron chi connectivity index (χ3n) is 2.55. The highest BCUT2D eigenvalue weighted by atomic mass is 32.1. The molecule has 0 bridgehead atoms. The standard InChI is InChI=1S/C10H16N2OS/c1-13-6-10-12-9(7-14-10)8-3-2-4-11-5-8/h7-8,11H,2-6H2,1H3. The maximum absolute atomic E-state index is 5.06. The minimum absolute atomic E-state index is 0.616. The third kappa shape index (κ3) is 2.32. The summed E-state index contributed by atoms with van der Waals surface area (Å²) in [4.78, 5) is 4.58. The molecular weight excluding hydrogens is 196 g/mol. The number of thiazole rings is 1. The predicted octanol–water partition coefficient (Wildman–Crippen LogP) is 1.76. The first-order valence-electron chi connectivity index (χ1n) is 5.04. The number of rotatable bonds is 3. The molecule has 3 nitrogen and oxygen atoms in total. The summed E-state index contributed by atoms with van der Waals surface area (Å²) in [6.45, 7) is 2.88.